The predicted molar refractivity (Wildman–Crippen MR) is 45.7 cm³/mol. The van der Waals surface area contributed by atoms with Crippen molar-refractivity contribution in [3.63, 3.8) is 0 Å². The number of nitrogens with two attached hydrogens (primary N) is 1. The van der Waals surface area contributed by atoms with Crippen molar-refractivity contribution >= 4 is 29.8 Å². The molecule has 6 heteroatoms. The van der Waals surface area contributed by atoms with Gasteiger partial charge < -0.3 is 4.52 Å². The van der Waals surface area contributed by atoms with Crippen molar-refractivity contribution < 1.29 is 8.91 Å². The normalized spacial score (nSPS) is 20.0. The minimum absolute atomic E-state index is 0.213. The highest BCUT2D eigenvalue weighted by Crippen LogP contribution is 2.39. The molecule has 62 valence electrons. The molecule has 0 rings (SSSR count). The first-order chi connectivity index (χ1) is 4.52. The SMILES string of the molecule is CCP(N)(=S)OC(F)CCl. The first-order valence-electron chi connectivity index (χ1n) is 2.78. The molecule has 0 radical (unpaired) electrons. The van der Waals surface area contributed by atoms with E-state index in [4.69, 9.17) is 28.9 Å². The fourth-order valence-corrected chi connectivity index (χ4v) is 1.34. The zero-order valence-corrected chi connectivity index (χ0v) is 8.06. The fraction of sp³-hybridized carbons (Fsp3) is 1.00. The van der Waals surface area contributed by atoms with Crippen LogP contribution in [-0.2, 0) is 16.3 Å². The van der Waals surface area contributed by atoms with Crippen LogP contribution in [-0.4, -0.2) is 18.4 Å². The molecule has 0 bridgehead atoms. The van der Waals surface area contributed by atoms with E-state index in [0.717, 1.165) is 0 Å². The highest BCUT2D eigenvalue weighted by molar-refractivity contribution is 8.11. The van der Waals surface area contributed by atoms with Crippen molar-refractivity contribution in [2.45, 2.75) is 13.3 Å². The summed E-state index contributed by atoms with van der Waals surface area (Å²) in [7, 11) is 0. The molecule has 0 aromatic rings. The minimum atomic E-state index is -2.37. The number of halogens is 2. The molecule has 0 saturated carbocycles. The molecule has 0 aromatic heterocycles. The van der Waals surface area contributed by atoms with Crippen molar-refractivity contribution in [2.75, 3.05) is 12.0 Å². The summed E-state index contributed by atoms with van der Waals surface area (Å²) in [5.74, 6) is -0.213. The largest absolute Gasteiger partial charge is 0.303 e. The molecule has 0 spiro atoms. The van der Waals surface area contributed by atoms with Gasteiger partial charge in [0.25, 0.3) is 0 Å². The van der Waals surface area contributed by atoms with Crippen molar-refractivity contribution in [1.82, 2.24) is 0 Å². The highest BCUT2D eigenvalue weighted by Gasteiger charge is 2.14. The van der Waals surface area contributed by atoms with E-state index in [-0.39, 0.29) is 5.88 Å². The summed E-state index contributed by atoms with van der Waals surface area (Å²) in [6.07, 6.45) is -3.40. The second-order valence-electron chi connectivity index (χ2n) is 1.71. The van der Waals surface area contributed by atoms with Crippen LogP contribution >= 0.6 is 18.0 Å². The topological polar surface area (TPSA) is 35.2 Å². The first-order valence-corrected chi connectivity index (χ1v) is 6.29. The molecule has 2 unspecified atom stereocenters. The number of rotatable bonds is 4. The molecule has 0 amide bonds. The first kappa shape index (κ1) is 10.8. The lowest BCUT2D eigenvalue weighted by Gasteiger charge is -2.16. The average Bonchev–Trinajstić information content (AvgIpc) is 1.87. The Labute approximate surface area is 70.0 Å². The molecule has 0 heterocycles. The molecule has 2 nitrogen and oxygen atoms in total. The number of hydrogen-bond acceptors (Lipinski definition) is 2. The Morgan fingerprint density at radius 1 is 1.90 bits per heavy atom. The zero-order valence-electron chi connectivity index (χ0n) is 5.59. The minimum Gasteiger partial charge on any atom is -0.303 e. The summed E-state index contributed by atoms with van der Waals surface area (Å²) in [5, 5.41) is 0. The monoisotopic (exact) mass is 205 g/mol. The van der Waals surface area contributed by atoms with Gasteiger partial charge >= 0.3 is 0 Å². The second kappa shape index (κ2) is 4.62. The van der Waals surface area contributed by atoms with Gasteiger partial charge in [-0.1, -0.05) is 18.7 Å². The van der Waals surface area contributed by atoms with E-state index in [9.17, 15) is 4.39 Å². The van der Waals surface area contributed by atoms with Crippen LogP contribution in [0.4, 0.5) is 4.39 Å². The van der Waals surface area contributed by atoms with Gasteiger partial charge in [-0.05, 0) is 0 Å². The third-order valence-electron chi connectivity index (χ3n) is 0.855. The molecule has 2 N–H and O–H groups in total. The molecule has 10 heavy (non-hydrogen) atoms. The van der Waals surface area contributed by atoms with E-state index >= 15 is 0 Å². The Kier molecular flexibility index (Phi) is 4.99. The molecule has 0 aliphatic heterocycles. The van der Waals surface area contributed by atoms with Gasteiger partial charge in [-0.15, -0.1) is 11.6 Å². The Bertz CT molecular complexity index is 147. The number of alkyl halides is 2. The van der Waals surface area contributed by atoms with Gasteiger partial charge in [0.1, 0.15) is 6.42 Å². The zero-order chi connectivity index (χ0) is 8.20. The van der Waals surface area contributed by atoms with E-state index in [1.54, 1.807) is 6.92 Å². The smallest absolute Gasteiger partial charge is 0.217 e. The third-order valence-corrected chi connectivity index (χ3v) is 3.60. The third kappa shape index (κ3) is 4.58. The fourth-order valence-electron chi connectivity index (χ4n) is 0.296. The average molecular weight is 206 g/mol. The van der Waals surface area contributed by atoms with Crippen LogP contribution in [0.2, 0.25) is 0 Å². The van der Waals surface area contributed by atoms with Crippen LogP contribution in [0.15, 0.2) is 0 Å². The Morgan fingerprint density at radius 2 is 2.40 bits per heavy atom. The molecular weight excluding hydrogens is 196 g/mol. The lowest BCUT2D eigenvalue weighted by molar-refractivity contribution is 0.103. The van der Waals surface area contributed by atoms with Gasteiger partial charge in [0, 0.05) is 6.16 Å². The van der Waals surface area contributed by atoms with Crippen LogP contribution < -0.4 is 5.50 Å². The van der Waals surface area contributed by atoms with E-state index in [0.29, 0.717) is 6.16 Å². The highest BCUT2D eigenvalue weighted by atomic mass is 35.5. The maximum absolute atomic E-state index is 12.3. The summed E-state index contributed by atoms with van der Waals surface area (Å²) in [4.78, 5) is 0. The molecule has 0 aromatic carbocycles. The lowest BCUT2D eigenvalue weighted by atomic mass is 10.8. The van der Waals surface area contributed by atoms with Crippen LogP contribution in [0, 0.1) is 0 Å². The van der Waals surface area contributed by atoms with Crippen molar-refractivity contribution in [2.24, 2.45) is 5.50 Å². The van der Waals surface area contributed by atoms with Gasteiger partial charge in [-0.25, -0.2) is 4.39 Å². The summed E-state index contributed by atoms with van der Waals surface area (Å²) in [5.41, 5.74) is 5.40. The quantitative estimate of drug-likeness (QED) is 0.562. The van der Waals surface area contributed by atoms with Crippen molar-refractivity contribution in [1.29, 1.82) is 0 Å². The van der Waals surface area contributed by atoms with Gasteiger partial charge in [-0.3, -0.25) is 5.50 Å². The Hall–Kier alpha value is 0.790. The molecular formula is C4H10ClFNOPS. The molecule has 0 fully saturated rings. The summed E-state index contributed by atoms with van der Waals surface area (Å²) in [6, 6.07) is 0. The maximum atomic E-state index is 12.3. The molecule has 0 aliphatic carbocycles. The predicted octanol–water partition coefficient (Wildman–Crippen LogP) is 1.83. The molecule has 0 aliphatic rings. The van der Waals surface area contributed by atoms with Gasteiger partial charge in [0.05, 0.1) is 5.88 Å². The lowest BCUT2D eigenvalue weighted by Crippen LogP contribution is -2.11. The maximum Gasteiger partial charge on any atom is 0.217 e. The van der Waals surface area contributed by atoms with Crippen LogP contribution in [0.3, 0.4) is 0 Å². The Morgan fingerprint density at radius 3 is 2.70 bits per heavy atom. The van der Waals surface area contributed by atoms with Gasteiger partial charge in [-0.2, -0.15) is 0 Å². The Balaban J connectivity index is 3.77. The summed E-state index contributed by atoms with van der Waals surface area (Å²) >= 11 is 9.89. The summed E-state index contributed by atoms with van der Waals surface area (Å²) in [6.45, 7) is 1.77. The summed E-state index contributed by atoms with van der Waals surface area (Å²) < 4.78 is 17.0. The van der Waals surface area contributed by atoms with E-state index in [1.165, 1.54) is 0 Å². The van der Waals surface area contributed by atoms with Gasteiger partial charge in [0.15, 0.2) is 0 Å². The van der Waals surface area contributed by atoms with E-state index < -0.39 is 12.8 Å². The van der Waals surface area contributed by atoms with E-state index in [1.807, 2.05) is 0 Å². The van der Waals surface area contributed by atoms with Crippen LogP contribution in [0.1, 0.15) is 6.92 Å². The van der Waals surface area contributed by atoms with Crippen LogP contribution in [0.25, 0.3) is 0 Å². The standard InChI is InChI=1S/C4H10ClFNOPS/c1-2-9(7,10)8-4(6)3-5/h4H,2-3H2,1H3,(H2,7,10). The van der Waals surface area contributed by atoms with Crippen molar-refractivity contribution in [3.8, 4) is 0 Å². The molecule has 2 atom stereocenters. The van der Waals surface area contributed by atoms with Gasteiger partial charge in [0.2, 0.25) is 6.36 Å². The van der Waals surface area contributed by atoms with Crippen molar-refractivity contribution in [3.05, 3.63) is 0 Å². The van der Waals surface area contributed by atoms with E-state index in [2.05, 4.69) is 4.52 Å². The van der Waals surface area contributed by atoms with Crippen LogP contribution in [0.5, 0.6) is 0 Å². The number of hydrogen-bond donors (Lipinski definition) is 1. The second-order valence-corrected chi connectivity index (χ2v) is 6.17. The molecule has 0 saturated heterocycles.